The topological polar surface area (TPSA) is 112 Å². The first-order valence-electron chi connectivity index (χ1n) is 15.2. The first-order chi connectivity index (χ1) is 22.3. The lowest BCUT2D eigenvalue weighted by Gasteiger charge is -2.41. The lowest BCUT2D eigenvalue weighted by Crippen LogP contribution is -2.55. The van der Waals surface area contributed by atoms with Crippen molar-refractivity contribution in [2.24, 2.45) is 0 Å². The second-order valence-corrected chi connectivity index (χ2v) is 12.2. The number of benzene rings is 2. The number of ether oxygens (including phenoxy) is 1. The van der Waals surface area contributed by atoms with E-state index in [1.54, 1.807) is 18.7 Å². The minimum Gasteiger partial charge on any atom is -0.463 e. The normalized spacial score (nSPS) is 18.8. The number of likely N-dealkylation sites (N-methyl/N-ethyl adjacent to an activating group) is 1. The first-order valence-corrected chi connectivity index (χ1v) is 15.6. The zero-order valence-corrected chi connectivity index (χ0v) is 26.0. The largest absolute Gasteiger partial charge is 0.463 e. The van der Waals surface area contributed by atoms with E-state index in [1.165, 1.54) is 4.90 Å². The molecule has 0 bridgehead atoms. The molecule has 2 saturated heterocycles. The molecule has 2 aliphatic heterocycles. The summed E-state index contributed by atoms with van der Waals surface area (Å²) in [4.78, 5) is 32.5. The summed E-state index contributed by atoms with van der Waals surface area (Å²) in [7, 11) is 2.08. The average Bonchev–Trinajstić information content (AvgIpc) is 3.72. The van der Waals surface area contributed by atoms with E-state index in [4.69, 9.17) is 30.7 Å². The lowest BCUT2D eigenvalue weighted by atomic mass is 9.96. The molecule has 234 valence electrons. The molecular formula is C34H31ClFN7O3. The van der Waals surface area contributed by atoms with E-state index in [0.717, 1.165) is 46.7 Å². The van der Waals surface area contributed by atoms with Crippen LogP contribution >= 0.6 is 11.6 Å². The minimum atomic E-state index is -1.05. The summed E-state index contributed by atoms with van der Waals surface area (Å²) in [5, 5.41) is 13.4. The van der Waals surface area contributed by atoms with Gasteiger partial charge in [-0.25, -0.2) is 4.39 Å². The molecule has 0 unspecified atom stereocenters. The fourth-order valence-electron chi connectivity index (χ4n) is 6.72. The van der Waals surface area contributed by atoms with Gasteiger partial charge in [0.15, 0.2) is 5.83 Å². The number of halogens is 2. The minimum absolute atomic E-state index is 0.0189. The summed E-state index contributed by atoms with van der Waals surface area (Å²) in [6, 6.07) is 11.6. The molecule has 0 saturated carbocycles. The number of piperazine rings is 1. The quantitative estimate of drug-likeness (QED) is 0.194. The van der Waals surface area contributed by atoms with Crippen molar-refractivity contribution < 1.29 is 18.3 Å². The molecule has 2 aromatic carbocycles. The van der Waals surface area contributed by atoms with Gasteiger partial charge in [-0.1, -0.05) is 30.3 Å². The number of nitriles is 1. The van der Waals surface area contributed by atoms with Gasteiger partial charge in [-0.05, 0) is 50.2 Å². The van der Waals surface area contributed by atoms with E-state index in [0.29, 0.717) is 40.5 Å². The highest BCUT2D eigenvalue weighted by atomic mass is 35.5. The maximum Gasteiger partial charge on any atom is 0.319 e. The van der Waals surface area contributed by atoms with Crippen molar-refractivity contribution >= 4 is 56.0 Å². The number of nitrogens with zero attached hydrogens (tertiary/aromatic N) is 7. The van der Waals surface area contributed by atoms with Gasteiger partial charge in [-0.2, -0.15) is 15.2 Å². The summed E-state index contributed by atoms with van der Waals surface area (Å²) in [6.45, 7) is 5.38. The Morgan fingerprint density at radius 2 is 2.04 bits per heavy atom. The molecule has 0 spiro atoms. The van der Waals surface area contributed by atoms with Gasteiger partial charge in [0.25, 0.3) is 5.91 Å². The molecule has 3 aromatic heterocycles. The van der Waals surface area contributed by atoms with E-state index in [-0.39, 0.29) is 31.6 Å². The number of likely N-dealkylation sites (tertiary alicyclic amines) is 1. The summed E-state index contributed by atoms with van der Waals surface area (Å²) in [6.07, 6.45) is 7.34. The van der Waals surface area contributed by atoms with E-state index >= 15 is 0 Å². The Labute approximate surface area is 269 Å². The van der Waals surface area contributed by atoms with E-state index in [2.05, 4.69) is 29.6 Å². The smallest absolute Gasteiger partial charge is 0.319 e. The first kappa shape index (κ1) is 29.9. The molecule has 2 fully saturated rings. The Balaban J connectivity index is 1.39. The zero-order valence-electron chi connectivity index (χ0n) is 25.2. The number of hydrogen-bond acceptors (Lipinski definition) is 9. The number of carbonyl (C=O) groups is 1. The van der Waals surface area contributed by atoms with Gasteiger partial charge in [-0.15, -0.1) is 0 Å². The second-order valence-electron chi connectivity index (χ2n) is 11.8. The molecule has 5 aromatic rings. The Hall–Kier alpha value is -4.79. The maximum atomic E-state index is 13.9. The van der Waals surface area contributed by atoms with Gasteiger partial charge >= 0.3 is 6.01 Å². The van der Waals surface area contributed by atoms with E-state index in [9.17, 15) is 14.4 Å². The van der Waals surface area contributed by atoms with Crippen LogP contribution in [0.1, 0.15) is 19.3 Å². The predicted octanol–water partition coefficient (Wildman–Crippen LogP) is 6.13. The standard InChI is InChI=1S/C34H31ClFN7O3/c1-20(36)33(44)43-13-12-42(18-22(43)8-10-37)32-30-28(39-34(40-32)46-19-23-6-4-11-41(23)2)15-25(24-9-14-45-31(24)30)26-17-38-16-21-5-3-7-27(35)29(21)26/h3,5,7,9,14-17,22-23H,1,4,6,8,11-13,18-19H2,2H3/t22-,23-/m0/s1. The molecule has 7 rings (SSSR count). The summed E-state index contributed by atoms with van der Waals surface area (Å²) in [5.74, 6) is -1.31. The number of aromatic nitrogens is 3. The molecule has 2 aliphatic rings. The lowest BCUT2D eigenvalue weighted by molar-refractivity contribution is -0.131. The van der Waals surface area contributed by atoms with Crippen molar-refractivity contribution in [1.29, 1.82) is 5.26 Å². The van der Waals surface area contributed by atoms with Gasteiger partial charge in [0.05, 0.1) is 35.7 Å². The van der Waals surface area contributed by atoms with Crippen LogP contribution in [-0.2, 0) is 4.79 Å². The number of hydrogen-bond donors (Lipinski definition) is 0. The third-order valence-corrected chi connectivity index (χ3v) is 9.38. The molecule has 0 N–H and O–H groups in total. The molecule has 2 atom stereocenters. The van der Waals surface area contributed by atoms with Crippen molar-refractivity contribution in [3.05, 3.63) is 66.4 Å². The SMILES string of the molecule is C=C(F)C(=O)N1CCN(c2nc(OC[C@@H]3CCCN3C)nc3cc(-c4cncc5cccc(Cl)c45)c4ccoc4c23)C[C@@H]1CC#N. The highest BCUT2D eigenvalue weighted by Gasteiger charge is 2.34. The zero-order chi connectivity index (χ0) is 31.9. The number of furan rings is 1. The van der Waals surface area contributed by atoms with Gasteiger partial charge in [0.2, 0.25) is 0 Å². The fourth-order valence-corrected chi connectivity index (χ4v) is 7.00. The summed E-state index contributed by atoms with van der Waals surface area (Å²) >= 11 is 6.73. The van der Waals surface area contributed by atoms with Crippen LogP contribution in [0.5, 0.6) is 6.01 Å². The van der Waals surface area contributed by atoms with Crippen molar-refractivity contribution in [3.8, 4) is 23.2 Å². The molecule has 46 heavy (non-hydrogen) atoms. The summed E-state index contributed by atoms with van der Waals surface area (Å²) < 4.78 is 26.3. The van der Waals surface area contributed by atoms with Crippen LogP contribution in [0.3, 0.4) is 0 Å². The number of amides is 1. The molecule has 12 heteroatoms. The van der Waals surface area contributed by atoms with Crippen LogP contribution in [0, 0.1) is 11.3 Å². The van der Waals surface area contributed by atoms with Gasteiger partial charge in [-0.3, -0.25) is 9.78 Å². The third-order valence-electron chi connectivity index (χ3n) is 9.06. The Bertz CT molecular complexity index is 2040. The van der Waals surface area contributed by atoms with E-state index < -0.39 is 17.8 Å². The van der Waals surface area contributed by atoms with Crippen LogP contribution in [0.2, 0.25) is 5.02 Å². The Morgan fingerprint density at radius 1 is 1.17 bits per heavy atom. The second kappa shape index (κ2) is 12.2. The number of pyridine rings is 1. The van der Waals surface area contributed by atoms with Gasteiger partial charge < -0.3 is 23.9 Å². The van der Waals surface area contributed by atoms with Crippen LogP contribution < -0.4 is 9.64 Å². The van der Waals surface area contributed by atoms with Crippen LogP contribution in [0.15, 0.2) is 65.8 Å². The van der Waals surface area contributed by atoms with E-state index in [1.807, 2.05) is 35.2 Å². The average molecular weight is 640 g/mol. The molecule has 5 heterocycles. The van der Waals surface area contributed by atoms with Crippen molar-refractivity contribution in [2.45, 2.75) is 31.3 Å². The number of anilines is 1. The molecule has 0 radical (unpaired) electrons. The van der Waals surface area contributed by atoms with Crippen molar-refractivity contribution in [2.75, 3.05) is 44.7 Å². The molecule has 1 amide bonds. The highest BCUT2D eigenvalue weighted by molar-refractivity contribution is 6.37. The van der Waals surface area contributed by atoms with Gasteiger partial charge in [0, 0.05) is 64.8 Å². The summed E-state index contributed by atoms with van der Waals surface area (Å²) in [5.41, 5.74) is 2.84. The Morgan fingerprint density at radius 3 is 2.83 bits per heavy atom. The van der Waals surface area contributed by atoms with Crippen molar-refractivity contribution in [1.82, 2.24) is 24.8 Å². The number of rotatable bonds is 7. The van der Waals surface area contributed by atoms with Crippen molar-refractivity contribution in [3.63, 3.8) is 0 Å². The third kappa shape index (κ3) is 5.27. The van der Waals surface area contributed by atoms with Crippen LogP contribution in [0.25, 0.3) is 43.8 Å². The number of fused-ring (bicyclic) bond motifs is 4. The Kier molecular flexibility index (Phi) is 7.92. The molecular weight excluding hydrogens is 609 g/mol. The molecule has 0 aliphatic carbocycles. The predicted molar refractivity (Wildman–Crippen MR) is 174 cm³/mol. The highest BCUT2D eigenvalue weighted by Crippen LogP contribution is 2.42. The van der Waals surface area contributed by atoms with Crippen LogP contribution in [0.4, 0.5) is 10.2 Å². The fraction of sp³-hybridized carbons (Fsp3) is 0.324. The van der Waals surface area contributed by atoms with Crippen LogP contribution in [-0.4, -0.2) is 82.6 Å². The monoisotopic (exact) mass is 639 g/mol. The number of carbonyl (C=O) groups excluding carboxylic acids is 1. The maximum absolute atomic E-state index is 13.9. The molecule has 10 nitrogen and oxygen atoms in total. The van der Waals surface area contributed by atoms with Gasteiger partial charge in [0.1, 0.15) is 18.0 Å².